The van der Waals surface area contributed by atoms with E-state index in [0.29, 0.717) is 6.54 Å². The Morgan fingerprint density at radius 2 is 1.82 bits per heavy atom. The number of benzene rings is 3. The van der Waals surface area contributed by atoms with E-state index in [9.17, 15) is 0 Å². The van der Waals surface area contributed by atoms with E-state index in [-0.39, 0.29) is 0 Å². The average Bonchev–Trinajstić information content (AvgIpc) is 3.06. The molecule has 4 aromatic rings. The third-order valence-electron chi connectivity index (χ3n) is 4.88. The first kappa shape index (κ1) is 18.5. The number of aryl methyl sites for hydroxylation is 1. The van der Waals surface area contributed by atoms with Crippen LogP contribution in [0.5, 0.6) is 5.75 Å². The van der Waals surface area contributed by atoms with Gasteiger partial charge in [-0.05, 0) is 49.1 Å². The van der Waals surface area contributed by atoms with Crippen molar-refractivity contribution in [2.24, 2.45) is 0 Å². The molecule has 0 radical (unpaired) electrons. The summed E-state index contributed by atoms with van der Waals surface area (Å²) in [5, 5.41) is 4.57. The Hall–Kier alpha value is -2.85. The van der Waals surface area contributed by atoms with Crippen molar-refractivity contribution >= 4 is 28.4 Å². The number of fused-ring (bicyclic) bond motifs is 1. The fourth-order valence-corrected chi connectivity index (χ4v) is 3.97. The van der Waals surface area contributed by atoms with Gasteiger partial charge >= 0.3 is 0 Å². The summed E-state index contributed by atoms with van der Waals surface area (Å²) in [6, 6.07) is 22.9. The Balaban J connectivity index is 1.70. The number of nitrogens with one attached hydrogen (secondary N) is 1. The number of methoxy groups -OCH3 is 1. The van der Waals surface area contributed by atoms with Crippen LogP contribution in [0.4, 0.5) is 5.69 Å². The maximum absolute atomic E-state index is 6.10. The molecule has 142 valence electrons. The van der Waals surface area contributed by atoms with Crippen molar-refractivity contribution in [2.45, 2.75) is 18.4 Å². The number of furan rings is 1. The summed E-state index contributed by atoms with van der Waals surface area (Å²) in [7, 11) is 1.72. The Morgan fingerprint density at radius 3 is 2.57 bits per heavy atom. The molecule has 0 saturated heterocycles. The summed E-state index contributed by atoms with van der Waals surface area (Å²) in [6.07, 6.45) is 2.08. The first-order chi connectivity index (χ1) is 13.7. The third kappa shape index (κ3) is 3.60. The lowest BCUT2D eigenvalue weighted by Gasteiger charge is -2.12. The van der Waals surface area contributed by atoms with Crippen LogP contribution >= 0.6 is 11.8 Å². The van der Waals surface area contributed by atoms with Crippen LogP contribution in [0.15, 0.2) is 76.0 Å². The highest BCUT2D eigenvalue weighted by atomic mass is 32.2. The molecule has 0 saturated carbocycles. The average molecular weight is 390 g/mol. The van der Waals surface area contributed by atoms with Crippen molar-refractivity contribution in [3.05, 3.63) is 78.1 Å². The quantitative estimate of drug-likeness (QED) is 0.370. The van der Waals surface area contributed by atoms with E-state index in [1.165, 1.54) is 4.90 Å². The second-order valence-electron chi connectivity index (χ2n) is 6.64. The Morgan fingerprint density at radius 1 is 1.00 bits per heavy atom. The van der Waals surface area contributed by atoms with Crippen LogP contribution < -0.4 is 10.1 Å². The molecule has 0 amide bonds. The van der Waals surface area contributed by atoms with Gasteiger partial charge in [0, 0.05) is 33.6 Å². The normalized spacial score (nSPS) is 11.0. The minimum absolute atomic E-state index is 0.664. The molecule has 1 heterocycles. The fourth-order valence-electron chi connectivity index (χ4n) is 3.51. The molecule has 1 N–H and O–H groups in total. The van der Waals surface area contributed by atoms with Gasteiger partial charge in [-0.15, -0.1) is 11.8 Å². The predicted octanol–water partition coefficient (Wildman–Crippen LogP) is 6.75. The van der Waals surface area contributed by atoms with E-state index in [4.69, 9.17) is 9.15 Å². The second-order valence-corrected chi connectivity index (χ2v) is 7.52. The topological polar surface area (TPSA) is 34.4 Å². The molecule has 3 nitrogen and oxygen atoms in total. The number of anilines is 1. The van der Waals surface area contributed by atoms with Crippen LogP contribution in [-0.2, 0) is 6.54 Å². The third-order valence-corrected chi connectivity index (χ3v) is 5.61. The van der Waals surface area contributed by atoms with Crippen molar-refractivity contribution in [2.75, 3.05) is 18.7 Å². The van der Waals surface area contributed by atoms with Gasteiger partial charge in [0.05, 0.1) is 7.11 Å². The van der Waals surface area contributed by atoms with Crippen molar-refractivity contribution in [3.8, 4) is 16.9 Å². The van der Waals surface area contributed by atoms with E-state index >= 15 is 0 Å². The summed E-state index contributed by atoms with van der Waals surface area (Å²) in [6.45, 7) is 2.68. The highest BCUT2D eigenvalue weighted by Gasteiger charge is 2.16. The molecule has 0 atom stereocenters. The van der Waals surface area contributed by atoms with Crippen molar-refractivity contribution in [1.29, 1.82) is 0 Å². The zero-order valence-electron chi connectivity index (χ0n) is 16.3. The maximum atomic E-state index is 6.10. The molecule has 0 aliphatic heterocycles. The van der Waals surface area contributed by atoms with Crippen molar-refractivity contribution in [3.63, 3.8) is 0 Å². The predicted molar refractivity (Wildman–Crippen MR) is 118 cm³/mol. The van der Waals surface area contributed by atoms with Gasteiger partial charge in [-0.2, -0.15) is 0 Å². The van der Waals surface area contributed by atoms with E-state index in [1.807, 2.05) is 25.1 Å². The van der Waals surface area contributed by atoms with Crippen LogP contribution in [0.1, 0.15) is 11.3 Å². The highest BCUT2D eigenvalue weighted by molar-refractivity contribution is 7.98. The number of thioether (sulfide) groups is 1. The molecule has 0 fully saturated rings. The minimum atomic E-state index is 0.664. The van der Waals surface area contributed by atoms with Gasteiger partial charge in [0.15, 0.2) is 0 Å². The molecule has 1 aromatic heterocycles. The fraction of sp³-hybridized carbons (Fsp3) is 0.167. The largest absolute Gasteiger partial charge is 0.496 e. The summed E-state index contributed by atoms with van der Waals surface area (Å²) in [4.78, 5) is 1.24. The summed E-state index contributed by atoms with van der Waals surface area (Å²) in [5.41, 5.74) is 5.32. The van der Waals surface area contributed by atoms with Gasteiger partial charge in [-0.25, -0.2) is 0 Å². The van der Waals surface area contributed by atoms with Crippen molar-refractivity contribution in [1.82, 2.24) is 0 Å². The molecule has 3 aromatic carbocycles. The zero-order chi connectivity index (χ0) is 19.5. The standard InChI is InChI=1S/C24H23NO2S/c1-16-24(17-8-5-4-6-9-17)21-14-22(26-2)18(12-23(21)27-16)15-25-19-10-7-11-20(13-19)28-3/h4-14,25H,15H2,1-3H3. The molecule has 0 aliphatic carbocycles. The molecule has 4 heteroatoms. The molecule has 0 unspecified atom stereocenters. The van der Waals surface area contributed by atoms with Crippen LogP contribution in [0.25, 0.3) is 22.1 Å². The zero-order valence-corrected chi connectivity index (χ0v) is 17.1. The molecule has 4 rings (SSSR count). The van der Waals surface area contributed by atoms with Gasteiger partial charge < -0.3 is 14.5 Å². The summed E-state index contributed by atoms with van der Waals surface area (Å²) < 4.78 is 11.8. The lowest BCUT2D eigenvalue weighted by atomic mass is 10.0. The first-order valence-corrected chi connectivity index (χ1v) is 10.5. The van der Waals surface area contributed by atoms with Crippen LogP contribution in [0.2, 0.25) is 0 Å². The number of ether oxygens (including phenoxy) is 1. The molecule has 0 spiro atoms. The van der Waals surface area contributed by atoms with Gasteiger partial charge in [0.1, 0.15) is 17.1 Å². The summed E-state index contributed by atoms with van der Waals surface area (Å²) in [5.74, 6) is 1.78. The Kier molecular flexibility index (Phi) is 5.31. The summed E-state index contributed by atoms with van der Waals surface area (Å²) >= 11 is 1.74. The van der Waals surface area contributed by atoms with Gasteiger partial charge in [0.2, 0.25) is 0 Å². The smallest absolute Gasteiger partial charge is 0.135 e. The molecule has 0 aliphatic rings. The number of hydrogen-bond donors (Lipinski definition) is 1. The lowest BCUT2D eigenvalue weighted by molar-refractivity contribution is 0.410. The van der Waals surface area contributed by atoms with Crippen LogP contribution in [-0.4, -0.2) is 13.4 Å². The first-order valence-electron chi connectivity index (χ1n) is 9.23. The van der Waals surface area contributed by atoms with Crippen molar-refractivity contribution < 1.29 is 9.15 Å². The molecule has 28 heavy (non-hydrogen) atoms. The SMILES string of the molecule is COc1cc2c(-c3ccccc3)c(C)oc2cc1CNc1cccc(SC)c1. The van der Waals surface area contributed by atoms with Gasteiger partial charge in [0.25, 0.3) is 0 Å². The monoisotopic (exact) mass is 389 g/mol. The van der Waals surface area contributed by atoms with Crippen LogP contribution in [0.3, 0.4) is 0 Å². The van der Waals surface area contributed by atoms with E-state index in [0.717, 1.165) is 44.9 Å². The molecular weight excluding hydrogens is 366 g/mol. The van der Waals surface area contributed by atoms with E-state index in [2.05, 4.69) is 60.1 Å². The van der Waals surface area contributed by atoms with Gasteiger partial charge in [-0.3, -0.25) is 0 Å². The number of hydrogen-bond acceptors (Lipinski definition) is 4. The minimum Gasteiger partial charge on any atom is -0.496 e. The number of rotatable bonds is 6. The van der Waals surface area contributed by atoms with Crippen LogP contribution in [0, 0.1) is 6.92 Å². The van der Waals surface area contributed by atoms with E-state index < -0.39 is 0 Å². The maximum Gasteiger partial charge on any atom is 0.135 e. The lowest BCUT2D eigenvalue weighted by Crippen LogP contribution is -2.01. The Bertz CT molecular complexity index is 1100. The molecule has 0 bridgehead atoms. The molecular formula is C24H23NO2S. The van der Waals surface area contributed by atoms with Gasteiger partial charge in [-0.1, -0.05) is 36.4 Å². The van der Waals surface area contributed by atoms with E-state index in [1.54, 1.807) is 18.9 Å². The second kappa shape index (κ2) is 8.03. The Labute approximate surface area is 169 Å². The highest BCUT2D eigenvalue weighted by Crippen LogP contribution is 2.38.